The van der Waals surface area contributed by atoms with Crippen molar-refractivity contribution >= 4 is 11.9 Å². The molecule has 110 valence electrons. The Labute approximate surface area is 119 Å². The van der Waals surface area contributed by atoms with Gasteiger partial charge >= 0.3 is 11.9 Å². The van der Waals surface area contributed by atoms with E-state index < -0.39 is 22.9 Å². The van der Waals surface area contributed by atoms with Gasteiger partial charge in [0.1, 0.15) is 12.7 Å². The van der Waals surface area contributed by atoms with Crippen molar-refractivity contribution in [2.45, 2.75) is 52.6 Å². The van der Waals surface area contributed by atoms with Crippen LogP contribution in [0.5, 0.6) is 0 Å². The second kappa shape index (κ2) is 5.08. The zero-order chi connectivity index (χ0) is 15.0. The average Bonchev–Trinajstić information content (AvgIpc) is 2.96. The van der Waals surface area contributed by atoms with Crippen LogP contribution in [0.2, 0.25) is 0 Å². The van der Waals surface area contributed by atoms with Gasteiger partial charge in [-0.05, 0) is 33.1 Å². The minimum absolute atomic E-state index is 0.0576. The summed E-state index contributed by atoms with van der Waals surface area (Å²) in [5, 5.41) is 9.30. The number of nitriles is 1. The number of cyclic esters (lactones) is 1. The molecule has 0 spiro atoms. The zero-order valence-corrected chi connectivity index (χ0v) is 12.3. The van der Waals surface area contributed by atoms with Crippen molar-refractivity contribution in [1.82, 2.24) is 0 Å². The highest BCUT2D eigenvalue weighted by Gasteiger charge is 2.60. The molecule has 0 aromatic heterocycles. The van der Waals surface area contributed by atoms with E-state index in [1.165, 1.54) is 0 Å². The molecule has 2 rings (SSSR count). The van der Waals surface area contributed by atoms with E-state index >= 15 is 0 Å². The van der Waals surface area contributed by atoms with Gasteiger partial charge in [0.15, 0.2) is 5.41 Å². The molecule has 2 aliphatic rings. The standard InChI is InChI=1S/C15H21NO4/c1-4-14(2,3)12(17)19-8-11-10-6-5-7-15(10,9-16)13(18)20-11/h10-11H,4-8H2,1-3H3. The smallest absolute Gasteiger partial charge is 0.327 e. The summed E-state index contributed by atoms with van der Waals surface area (Å²) in [5.74, 6) is -0.876. The summed E-state index contributed by atoms with van der Waals surface area (Å²) in [7, 11) is 0. The van der Waals surface area contributed by atoms with Crippen LogP contribution in [0.1, 0.15) is 46.5 Å². The lowest BCUT2D eigenvalue weighted by Crippen LogP contribution is -2.33. The first kappa shape index (κ1) is 14.8. The van der Waals surface area contributed by atoms with E-state index in [2.05, 4.69) is 6.07 Å². The Morgan fingerprint density at radius 1 is 1.60 bits per heavy atom. The fraction of sp³-hybridized carbons (Fsp3) is 0.800. The van der Waals surface area contributed by atoms with E-state index in [1.54, 1.807) is 0 Å². The van der Waals surface area contributed by atoms with Gasteiger partial charge in [-0.1, -0.05) is 13.3 Å². The Morgan fingerprint density at radius 3 is 2.90 bits per heavy atom. The van der Waals surface area contributed by atoms with E-state index in [1.807, 2.05) is 20.8 Å². The molecule has 1 aliphatic heterocycles. The molecule has 0 aromatic carbocycles. The molecule has 3 atom stereocenters. The predicted molar refractivity (Wildman–Crippen MR) is 70.3 cm³/mol. The molecular formula is C15H21NO4. The van der Waals surface area contributed by atoms with Crippen LogP contribution in [0.4, 0.5) is 0 Å². The van der Waals surface area contributed by atoms with Crippen LogP contribution >= 0.6 is 0 Å². The van der Waals surface area contributed by atoms with E-state index in [-0.39, 0.29) is 18.5 Å². The maximum Gasteiger partial charge on any atom is 0.327 e. The molecule has 0 bridgehead atoms. The van der Waals surface area contributed by atoms with Crippen LogP contribution < -0.4 is 0 Å². The Morgan fingerprint density at radius 2 is 2.30 bits per heavy atom. The molecule has 3 unspecified atom stereocenters. The van der Waals surface area contributed by atoms with Crippen LogP contribution in [0, 0.1) is 28.1 Å². The first-order valence-electron chi connectivity index (χ1n) is 7.17. The van der Waals surface area contributed by atoms with Gasteiger partial charge in [0, 0.05) is 5.92 Å². The Hall–Kier alpha value is -1.57. The highest BCUT2D eigenvalue weighted by molar-refractivity contribution is 5.83. The SMILES string of the molecule is CCC(C)(C)C(=O)OCC1OC(=O)C2(C#N)CCCC12. The van der Waals surface area contributed by atoms with E-state index in [0.29, 0.717) is 12.8 Å². The topological polar surface area (TPSA) is 76.4 Å². The van der Waals surface area contributed by atoms with Crippen molar-refractivity contribution in [2.24, 2.45) is 16.7 Å². The minimum Gasteiger partial charge on any atom is -0.461 e. The molecule has 0 amide bonds. The summed E-state index contributed by atoms with van der Waals surface area (Å²) >= 11 is 0. The van der Waals surface area contributed by atoms with Crippen LogP contribution in [-0.4, -0.2) is 24.6 Å². The first-order chi connectivity index (χ1) is 9.37. The van der Waals surface area contributed by atoms with Crippen LogP contribution in [0.15, 0.2) is 0 Å². The number of rotatable bonds is 4. The van der Waals surface area contributed by atoms with Gasteiger partial charge in [-0.3, -0.25) is 9.59 Å². The Bertz CT molecular complexity index is 465. The van der Waals surface area contributed by atoms with Crippen molar-refractivity contribution in [3.8, 4) is 6.07 Å². The Kier molecular flexibility index (Phi) is 3.77. The number of carbonyl (C=O) groups is 2. The van der Waals surface area contributed by atoms with Gasteiger partial charge in [0.25, 0.3) is 0 Å². The summed E-state index contributed by atoms with van der Waals surface area (Å²) in [6.45, 7) is 5.63. The third-order valence-electron chi connectivity index (χ3n) is 4.81. The van der Waals surface area contributed by atoms with Gasteiger partial charge in [0.2, 0.25) is 0 Å². The first-order valence-corrected chi connectivity index (χ1v) is 7.17. The molecule has 1 saturated carbocycles. The van der Waals surface area contributed by atoms with Crippen LogP contribution in [0.3, 0.4) is 0 Å². The number of hydrogen-bond acceptors (Lipinski definition) is 5. The Balaban J connectivity index is 2.01. The minimum atomic E-state index is -1.00. The average molecular weight is 279 g/mol. The molecule has 1 heterocycles. The van der Waals surface area contributed by atoms with E-state index in [0.717, 1.165) is 12.8 Å². The zero-order valence-electron chi connectivity index (χ0n) is 12.3. The summed E-state index contributed by atoms with van der Waals surface area (Å²) in [5.41, 5.74) is -1.54. The fourth-order valence-electron chi connectivity index (χ4n) is 2.95. The number of ether oxygens (including phenoxy) is 2. The number of esters is 2. The summed E-state index contributed by atoms with van der Waals surface area (Å²) in [4.78, 5) is 23.9. The van der Waals surface area contributed by atoms with Gasteiger partial charge < -0.3 is 9.47 Å². The monoisotopic (exact) mass is 279 g/mol. The fourth-order valence-corrected chi connectivity index (χ4v) is 2.95. The maximum atomic E-state index is 11.9. The molecule has 1 aliphatic carbocycles. The maximum absolute atomic E-state index is 11.9. The third kappa shape index (κ3) is 2.17. The van der Waals surface area contributed by atoms with E-state index in [9.17, 15) is 14.9 Å². The molecular weight excluding hydrogens is 258 g/mol. The lowest BCUT2D eigenvalue weighted by molar-refractivity contribution is -0.161. The number of nitrogens with zero attached hydrogens (tertiary/aromatic N) is 1. The highest BCUT2D eigenvalue weighted by Crippen LogP contribution is 2.51. The van der Waals surface area contributed by atoms with Crippen molar-refractivity contribution in [3.05, 3.63) is 0 Å². The van der Waals surface area contributed by atoms with Crippen molar-refractivity contribution in [1.29, 1.82) is 5.26 Å². The summed E-state index contributed by atoms with van der Waals surface area (Å²) < 4.78 is 10.6. The third-order valence-corrected chi connectivity index (χ3v) is 4.81. The number of hydrogen-bond donors (Lipinski definition) is 0. The molecule has 5 heteroatoms. The van der Waals surface area contributed by atoms with Gasteiger partial charge in [-0.25, -0.2) is 0 Å². The van der Waals surface area contributed by atoms with Crippen LogP contribution in [-0.2, 0) is 19.1 Å². The number of fused-ring (bicyclic) bond motifs is 1. The van der Waals surface area contributed by atoms with Crippen molar-refractivity contribution < 1.29 is 19.1 Å². The molecule has 0 N–H and O–H groups in total. The second-order valence-electron chi connectivity index (χ2n) is 6.36. The lowest BCUT2D eigenvalue weighted by atomic mass is 9.79. The molecule has 0 radical (unpaired) electrons. The molecule has 0 aromatic rings. The van der Waals surface area contributed by atoms with Gasteiger partial charge in [-0.15, -0.1) is 0 Å². The van der Waals surface area contributed by atoms with Crippen molar-refractivity contribution in [3.63, 3.8) is 0 Å². The van der Waals surface area contributed by atoms with Gasteiger partial charge in [0.05, 0.1) is 11.5 Å². The quantitative estimate of drug-likeness (QED) is 0.737. The molecule has 5 nitrogen and oxygen atoms in total. The number of carbonyl (C=O) groups excluding carboxylic acids is 2. The predicted octanol–water partition coefficient (Wildman–Crippen LogP) is 2.20. The highest BCUT2D eigenvalue weighted by atomic mass is 16.6. The lowest BCUT2D eigenvalue weighted by Gasteiger charge is -2.23. The molecule has 2 fully saturated rings. The summed E-state index contributed by atoms with van der Waals surface area (Å²) in [6, 6.07) is 2.13. The molecule has 20 heavy (non-hydrogen) atoms. The normalized spacial score (nSPS) is 32.4. The summed E-state index contributed by atoms with van der Waals surface area (Å²) in [6.07, 6.45) is 2.39. The molecule has 1 saturated heterocycles. The van der Waals surface area contributed by atoms with Gasteiger partial charge in [-0.2, -0.15) is 5.26 Å². The van der Waals surface area contributed by atoms with E-state index in [4.69, 9.17) is 9.47 Å². The largest absolute Gasteiger partial charge is 0.461 e. The van der Waals surface area contributed by atoms with Crippen LogP contribution in [0.25, 0.3) is 0 Å². The second-order valence-corrected chi connectivity index (χ2v) is 6.36. The van der Waals surface area contributed by atoms with Crippen molar-refractivity contribution in [2.75, 3.05) is 6.61 Å².